The number of nitrogens with zero attached hydrogens (tertiary/aromatic N) is 1. The molecule has 2 aromatic carbocycles. The molecule has 2 heterocycles. The standard InChI is InChI=1S/C21H15NO2S/c1-25-21-19(20(23)17-12-7-13-24-17)18(14-8-3-2-4-9-14)15-10-5-6-11-16(15)22-21/h2-13H,1H3. The van der Waals surface area contributed by atoms with Crippen LogP contribution in [0.5, 0.6) is 0 Å². The van der Waals surface area contributed by atoms with Crippen LogP contribution in [0.1, 0.15) is 16.1 Å². The van der Waals surface area contributed by atoms with Crippen LogP contribution >= 0.6 is 11.8 Å². The average Bonchev–Trinajstić information content (AvgIpc) is 3.21. The summed E-state index contributed by atoms with van der Waals surface area (Å²) in [7, 11) is 0. The van der Waals surface area contributed by atoms with Gasteiger partial charge in [0.25, 0.3) is 0 Å². The molecular formula is C21H15NO2S. The Balaban J connectivity index is 2.11. The zero-order chi connectivity index (χ0) is 17.2. The molecule has 3 nitrogen and oxygen atoms in total. The molecule has 0 saturated heterocycles. The van der Waals surface area contributed by atoms with Crippen molar-refractivity contribution in [2.75, 3.05) is 6.26 Å². The smallest absolute Gasteiger partial charge is 0.231 e. The van der Waals surface area contributed by atoms with Gasteiger partial charge in [0, 0.05) is 10.9 Å². The van der Waals surface area contributed by atoms with Crippen molar-refractivity contribution in [1.29, 1.82) is 0 Å². The first-order valence-corrected chi connectivity index (χ1v) is 9.12. The lowest BCUT2D eigenvalue weighted by atomic mass is 9.93. The summed E-state index contributed by atoms with van der Waals surface area (Å²) in [6.07, 6.45) is 3.45. The van der Waals surface area contributed by atoms with Crippen LogP contribution in [-0.4, -0.2) is 17.0 Å². The predicted molar refractivity (Wildman–Crippen MR) is 101 cm³/mol. The summed E-state index contributed by atoms with van der Waals surface area (Å²) in [4.78, 5) is 17.9. The Morgan fingerprint density at radius 2 is 1.72 bits per heavy atom. The summed E-state index contributed by atoms with van der Waals surface area (Å²) >= 11 is 1.47. The Morgan fingerprint density at radius 3 is 2.44 bits per heavy atom. The summed E-state index contributed by atoms with van der Waals surface area (Å²) in [5.41, 5.74) is 3.36. The monoisotopic (exact) mass is 345 g/mol. The average molecular weight is 345 g/mol. The van der Waals surface area contributed by atoms with Gasteiger partial charge in [0.05, 0.1) is 17.3 Å². The number of ketones is 1. The first-order valence-electron chi connectivity index (χ1n) is 7.90. The van der Waals surface area contributed by atoms with Crippen LogP contribution in [0.4, 0.5) is 0 Å². The van der Waals surface area contributed by atoms with Gasteiger partial charge < -0.3 is 4.42 Å². The number of aromatic nitrogens is 1. The van der Waals surface area contributed by atoms with Gasteiger partial charge in [-0.15, -0.1) is 11.8 Å². The minimum atomic E-state index is -0.147. The number of fused-ring (bicyclic) bond motifs is 1. The van der Waals surface area contributed by atoms with E-state index in [1.807, 2.05) is 60.9 Å². The summed E-state index contributed by atoms with van der Waals surface area (Å²) in [6, 6.07) is 21.3. The molecule has 0 fully saturated rings. The van der Waals surface area contributed by atoms with Crippen molar-refractivity contribution < 1.29 is 9.21 Å². The molecule has 2 aromatic heterocycles. The molecule has 0 atom stereocenters. The van der Waals surface area contributed by atoms with Crippen LogP contribution in [0.25, 0.3) is 22.0 Å². The van der Waals surface area contributed by atoms with Gasteiger partial charge in [0.1, 0.15) is 5.03 Å². The number of benzene rings is 2. The maximum absolute atomic E-state index is 13.2. The molecule has 0 amide bonds. The molecule has 122 valence electrons. The van der Waals surface area contributed by atoms with Crippen LogP contribution in [0.15, 0.2) is 82.4 Å². The van der Waals surface area contributed by atoms with Crippen molar-refractivity contribution in [3.05, 3.63) is 84.3 Å². The molecule has 4 rings (SSSR count). The summed E-state index contributed by atoms with van der Waals surface area (Å²) < 4.78 is 5.37. The van der Waals surface area contributed by atoms with Crippen LogP contribution in [0, 0.1) is 0 Å². The van der Waals surface area contributed by atoms with Crippen molar-refractivity contribution in [3.8, 4) is 11.1 Å². The number of carbonyl (C=O) groups is 1. The van der Waals surface area contributed by atoms with E-state index in [0.717, 1.165) is 22.0 Å². The van der Waals surface area contributed by atoms with E-state index in [9.17, 15) is 4.79 Å². The molecule has 0 spiro atoms. The Kier molecular flexibility index (Phi) is 4.12. The largest absolute Gasteiger partial charge is 0.461 e. The van der Waals surface area contributed by atoms with Gasteiger partial charge in [-0.25, -0.2) is 4.98 Å². The molecule has 25 heavy (non-hydrogen) atoms. The van der Waals surface area contributed by atoms with E-state index in [4.69, 9.17) is 9.40 Å². The van der Waals surface area contributed by atoms with Crippen molar-refractivity contribution >= 4 is 28.4 Å². The molecule has 0 radical (unpaired) electrons. The van der Waals surface area contributed by atoms with Crippen LogP contribution in [0.3, 0.4) is 0 Å². The lowest BCUT2D eigenvalue weighted by molar-refractivity contribution is 0.101. The lowest BCUT2D eigenvalue weighted by Crippen LogP contribution is -2.07. The third-order valence-electron chi connectivity index (χ3n) is 4.09. The van der Waals surface area contributed by atoms with Gasteiger partial charge in [0.2, 0.25) is 5.78 Å². The van der Waals surface area contributed by atoms with Crippen LogP contribution in [0.2, 0.25) is 0 Å². The van der Waals surface area contributed by atoms with Gasteiger partial charge >= 0.3 is 0 Å². The first kappa shape index (κ1) is 15.7. The van der Waals surface area contributed by atoms with Crippen LogP contribution in [-0.2, 0) is 0 Å². The maximum Gasteiger partial charge on any atom is 0.231 e. The van der Waals surface area contributed by atoms with Gasteiger partial charge in [0.15, 0.2) is 5.76 Å². The molecule has 0 bridgehead atoms. The van der Waals surface area contributed by atoms with E-state index < -0.39 is 0 Å². The number of hydrogen-bond acceptors (Lipinski definition) is 4. The Hall–Kier alpha value is -2.85. The quantitative estimate of drug-likeness (QED) is 0.364. The van der Waals surface area contributed by atoms with E-state index in [1.165, 1.54) is 18.0 Å². The molecule has 0 aliphatic carbocycles. The third-order valence-corrected chi connectivity index (χ3v) is 4.77. The number of para-hydroxylation sites is 1. The second-order valence-electron chi connectivity index (χ2n) is 5.56. The fraction of sp³-hybridized carbons (Fsp3) is 0.0476. The minimum Gasteiger partial charge on any atom is -0.461 e. The highest BCUT2D eigenvalue weighted by Gasteiger charge is 2.24. The zero-order valence-corrected chi connectivity index (χ0v) is 14.4. The fourth-order valence-corrected chi connectivity index (χ4v) is 3.57. The molecule has 4 aromatic rings. The first-order chi connectivity index (χ1) is 12.3. The number of furan rings is 1. The summed E-state index contributed by atoms with van der Waals surface area (Å²) in [5, 5.41) is 1.67. The van der Waals surface area contributed by atoms with Crippen LogP contribution < -0.4 is 0 Å². The SMILES string of the molecule is CSc1nc2ccccc2c(-c2ccccc2)c1C(=O)c1ccco1. The van der Waals surface area contributed by atoms with Crippen molar-refractivity contribution in [1.82, 2.24) is 4.98 Å². The van der Waals surface area contributed by atoms with E-state index >= 15 is 0 Å². The molecule has 0 aliphatic heterocycles. The van der Waals surface area contributed by atoms with E-state index in [2.05, 4.69) is 0 Å². The topological polar surface area (TPSA) is 43.1 Å². The second-order valence-corrected chi connectivity index (χ2v) is 6.36. The highest BCUT2D eigenvalue weighted by molar-refractivity contribution is 7.98. The second kappa shape index (κ2) is 6.57. The molecule has 0 unspecified atom stereocenters. The lowest BCUT2D eigenvalue weighted by Gasteiger charge is -2.15. The van der Waals surface area contributed by atoms with Gasteiger partial charge in [-0.2, -0.15) is 0 Å². The number of pyridine rings is 1. The molecule has 4 heteroatoms. The fourth-order valence-electron chi connectivity index (χ4n) is 2.98. The van der Waals surface area contributed by atoms with E-state index in [-0.39, 0.29) is 5.78 Å². The minimum absolute atomic E-state index is 0.147. The van der Waals surface area contributed by atoms with Gasteiger partial charge in [-0.3, -0.25) is 4.79 Å². The Labute approximate surface area is 149 Å². The molecule has 0 N–H and O–H groups in total. The normalized spacial score (nSPS) is 10.9. The number of carbonyl (C=O) groups excluding carboxylic acids is 1. The highest BCUT2D eigenvalue weighted by Crippen LogP contribution is 2.37. The maximum atomic E-state index is 13.2. The zero-order valence-electron chi connectivity index (χ0n) is 13.6. The number of hydrogen-bond donors (Lipinski definition) is 0. The van der Waals surface area contributed by atoms with Crippen molar-refractivity contribution in [2.24, 2.45) is 0 Å². The summed E-state index contributed by atoms with van der Waals surface area (Å²) in [5.74, 6) is 0.177. The Morgan fingerprint density at radius 1 is 0.960 bits per heavy atom. The predicted octanol–water partition coefficient (Wildman–Crippen LogP) is 5.45. The third kappa shape index (κ3) is 2.75. The molecule has 0 saturated carbocycles. The number of thioether (sulfide) groups is 1. The van der Waals surface area contributed by atoms with E-state index in [1.54, 1.807) is 12.1 Å². The Bertz CT molecular complexity index is 1040. The van der Waals surface area contributed by atoms with Gasteiger partial charge in [-0.1, -0.05) is 48.5 Å². The molecular weight excluding hydrogens is 330 g/mol. The van der Waals surface area contributed by atoms with Crippen molar-refractivity contribution in [3.63, 3.8) is 0 Å². The van der Waals surface area contributed by atoms with Crippen molar-refractivity contribution in [2.45, 2.75) is 5.03 Å². The highest BCUT2D eigenvalue weighted by atomic mass is 32.2. The summed E-state index contributed by atoms with van der Waals surface area (Å²) in [6.45, 7) is 0. The van der Waals surface area contributed by atoms with E-state index in [0.29, 0.717) is 16.3 Å². The van der Waals surface area contributed by atoms with Gasteiger partial charge in [-0.05, 0) is 30.0 Å². The number of rotatable bonds is 4. The molecule has 0 aliphatic rings.